The van der Waals surface area contributed by atoms with E-state index >= 15 is 0 Å². The first-order valence-electron chi connectivity index (χ1n) is 5.19. The van der Waals surface area contributed by atoms with Crippen LogP contribution in [0, 0.1) is 0 Å². The largest absolute Gasteiger partial charge is 0.294 e. The molecule has 0 atom stereocenters. The van der Waals surface area contributed by atoms with Gasteiger partial charge in [0.25, 0.3) is 0 Å². The zero-order chi connectivity index (χ0) is 12.3. The second kappa shape index (κ2) is 5.35. The Morgan fingerprint density at radius 3 is 2.35 bits per heavy atom. The number of rotatable bonds is 3. The Labute approximate surface area is 110 Å². The smallest absolute Gasteiger partial charge is 0.167 e. The van der Waals surface area contributed by atoms with E-state index in [4.69, 9.17) is 23.2 Å². The number of ketones is 1. The first kappa shape index (κ1) is 12.2. The Kier molecular flexibility index (Phi) is 3.82. The van der Waals surface area contributed by atoms with Crippen LogP contribution in [0.4, 0.5) is 0 Å². The number of hydrogen-bond donors (Lipinski definition) is 0. The molecule has 17 heavy (non-hydrogen) atoms. The van der Waals surface area contributed by atoms with E-state index in [1.165, 1.54) is 0 Å². The fourth-order valence-electron chi connectivity index (χ4n) is 1.58. The van der Waals surface area contributed by atoms with Crippen LogP contribution in [0.3, 0.4) is 0 Å². The Morgan fingerprint density at radius 1 is 0.941 bits per heavy atom. The van der Waals surface area contributed by atoms with Crippen LogP contribution < -0.4 is 0 Å². The van der Waals surface area contributed by atoms with Crippen LogP contribution in [0.25, 0.3) is 0 Å². The van der Waals surface area contributed by atoms with Gasteiger partial charge in [0.05, 0.1) is 10.0 Å². The summed E-state index contributed by atoms with van der Waals surface area (Å²) in [5, 5.41) is 0.934. The lowest BCUT2D eigenvalue weighted by atomic mass is 10.0. The van der Waals surface area contributed by atoms with E-state index in [-0.39, 0.29) is 12.2 Å². The van der Waals surface area contributed by atoms with Crippen molar-refractivity contribution in [1.82, 2.24) is 0 Å². The highest BCUT2D eigenvalue weighted by Gasteiger charge is 2.10. The normalized spacial score (nSPS) is 10.2. The zero-order valence-corrected chi connectivity index (χ0v) is 10.5. The van der Waals surface area contributed by atoms with Gasteiger partial charge in [0.2, 0.25) is 0 Å². The van der Waals surface area contributed by atoms with Crippen molar-refractivity contribution in [3.05, 3.63) is 69.7 Å². The fourth-order valence-corrected chi connectivity index (χ4v) is 1.97. The van der Waals surface area contributed by atoms with Gasteiger partial charge < -0.3 is 0 Å². The summed E-state index contributed by atoms with van der Waals surface area (Å²) in [5.74, 6) is 0.0368. The second-order valence-electron chi connectivity index (χ2n) is 3.68. The lowest BCUT2D eigenvalue weighted by Gasteiger charge is -2.05. The summed E-state index contributed by atoms with van der Waals surface area (Å²) in [6.45, 7) is 0. The molecule has 0 spiro atoms. The molecule has 0 amide bonds. The van der Waals surface area contributed by atoms with Gasteiger partial charge in [-0.05, 0) is 11.6 Å². The molecule has 3 heteroatoms. The molecule has 2 rings (SSSR count). The quantitative estimate of drug-likeness (QED) is 0.751. The van der Waals surface area contributed by atoms with Crippen molar-refractivity contribution in [2.24, 2.45) is 0 Å². The number of Topliss-reactive ketones (excluding diaryl/α,β-unsaturated/α-hetero) is 1. The maximum atomic E-state index is 12.0. The molecule has 0 bridgehead atoms. The highest BCUT2D eigenvalue weighted by molar-refractivity contribution is 6.42. The van der Waals surface area contributed by atoms with Gasteiger partial charge in [0.1, 0.15) is 0 Å². The van der Waals surface area contributed by atoms with Gasteiger partial charge >= 0.3 is 0 Å². The zero-order valence-electron chi connectivity index (χ0n) is 8.99. The van der Waals surface area contributed by atoms with Crippen molar-refractivity contribution in [1.29, 1.82) is 0 Å². The molecule has 0 aliphatic rings. The summed E-state index contributed by atoms with van der Waals surface area (Å²) in [4.78, 5) is 12.0. The summed E-state index contributed by atoms with van der Waals surface area (Å²) in [6, 6.07) is 14.5. The summed E-state index contributed by atoms with van der Waals surface area (Å²) in [6.07, 6.45) is 0.267. The summed E-state index contributed by atoms with van der Waals surface area (Å²) in [7, 11) is 0. The summed E-state index contributed by atoms with van der Waals surface area (Å²) in [5.41, 5.74) is 1.44. The van der Waals surface area contributed by atoms with Gasteiger partial charge in [-0.25, -0.2) is 0 Å². The topological polar surface area (TPSA) is 17.1 Å². The minimum atomic E-state index is 0.0368. The number of carbonyl (C=O) groups excluding carboxylic acids is 1. The van der Waals surface area contributed by atoms with Crippen molar-refractivity contribution in [3.63, 3.8) is 0 Å². The third-order valence-corrected chi connectivity index (χ3v) is 3.34. The summed E-state index contributed by atoms with van der Waals surface area (Å²) < 4.78 is 0. The third-order valence-electron chi connectivity index (χ3n) is 2.48. The SMILES string of the molecule is O=C(Cc1cccc(Cl)c1Cl)c1ccccc1. The van der Waals surface area contributed by atoms with Crippen LogP contribution in [0.15, 0.2) is 48.5 Å². The highest BCUT2D eigenvalue weighted by atomic mass is 35.5. The van der Waals surface area contributed by atoms with Gasteiger partial charge in [0.15, 0.2) is 5.78 Å². The van der Waals surface area contributed by atoms with E-state index in [1.807, 2.05) is 24.3 Å². The van der Waals surface area contributed by atoms with Gasteiger partial charge in [-0.1, -0.05) is 65.7 Å². The summed E-state index contributed by atoms with van der Waals surface area (Å²) >= 11 is 11.9. The van der Waals surface area contributed by atoms with Crippen LogP contribution in [-0.4, -0.2) is 5.78 Å². The number of halogens is 2. The number of carbonyl (C=O) groups is 1. The molecule has 0 radical (unpaired) electrons. The minimum absolute atomic E-state index is 0.0368. The van der Waals surface area contributed by atoms with Gasteiger partial charge in [0, 0.05) is 12.0 Å². The standard InChI is InChI=1S/C14H10Cl2O/c15-12-8-4-7-11(14(12)16)9-13(17)10-5-2-1-3-6-10/h1-8H,9H2. The molecule has 0 N–H and O–H groups in total. The maximum absolute atomic E-state index is 12.0. The molecule has 2 aromatic carbocycles. The van der Waals surface area contributed by atoms with Crippen molar-refractivity contribution < 1.29 is 4.79 Å². The van der Waals surface area contributed by atoms with Gasteiger partial charge in [-0.2, -0.15) is 0 Å². The maximum Gasteiger partial charge on any atom is 0.167 e. The van der Waals surface area contributed by atoms with Crippen LogP contribution in [-0.2, 0) is 6.42 Å². The molecule has 86 valence electrons. The van der Waals surface area contributed by atoms with E-state index in [2.05, 4.69) is 0 Å². The van der Waals surface area contributed by atoms with E-state index in [1.54, 1.807) is 24.3 Å². The molecule has 0 saturated heterocycles. The molecular weight excluding hydrogens is 255 g/mol. The van der Waals surface area contributed by atoms with E-state index in [0.29, 0.717) is 15.6 Å². The molecule has 0 unspecified atom stereocenters. The first-order chi connectivity index (χ1) is 8.18. The number of benzene rings is 2. The molecule has 0 aliphatic carbocycles. The van der Waals surface area contributed by atoms with Crippen LogP contribution in [0.5, 0.6) is 0 Å². The fraction of sp³-hybridized carbons (Fsp3) is 0.0714. The molecule has 2 aromatic rings. The lowest BCUT2D eigenvalue weighted by molar-refractivity contribution is 0.0993. The molecule has 0 heterocycles. The third kappa shape index (κ3) is 2.87. The average Bonchev–Trinajstić information content (AvgIpc) is 2.36. The van der Waals surface area contributed by atoms with Crippen LogP contribution in [0.1, 0.15) is 15.9 Å². The van der Waals surface area contributed by atoms with Crippen molar-refractivity contribution in [2.75, 3.05) is 0 Å². The van der Waals surface area contributed by atoms with Crippen molar-refractivity contribution in [3.8, 4) is 0 Å². The van der Waals surface area contributed by atoms with E-state index < -0.39 is 0 Å². The number of hydrogen-bond acceptors (Lipinski definition) is 1. The average molecular weight is 265 g/mol. The molecule has 0 aliphatic heterocycles. The van der Waals surface area contributed by atoms with Gasteiger partial charge in [-0.15, -0.1) is 0 Å². The molecule has 0 fully saturated rings. The van der Waals surface area contributed by atoms with Crippen LogP contribution in [0.2, 0.25) is 10.0 Å². The lowest BCUT2D eigenvalue weighted by Crippen LogP contribution is -2.03. The minimum Gasteiger partial charge on any atom is -0.294 e. The first-order valence-corrected chi connectivity index (χ1v) is 5.95. The molecule has 1 nitrogen and oxygen atoms in total. The molecular formula is C14H10Cl2O. The Hall–Kier alpha value is -1.31. The van der Waals surface area contributed by atoms with Crippen molar-refractivity contribution >= 4 is 29.0 Å². The Morgan fingerprint density at radius 2 is 1.65 bits per heavy atom. The van der Waals surface area contributed by atoms with E-state index in [9.17, 15) is 4.79 Å². The predicted octanol–water partition coefficient (Wildman–Crippen LogP) is 4.42. The van der Waals surface area contributed by atoms with Crippen molar-refractivity contribution in [2.45, 2.75) is 6.42 Å². The van der Waals surface area contributed by atoms with Gasteiger partial charge in [-0.3, -0.25) is 4.79 Å². The predicted molar refractivity (Wildman–Crippen MR) is 70.9 cm³/mol. The Bertz CT molecular complexity index is 535. The monoisotopic (exact) mass is 264 g/mol. The van der Waals surface area contributed by atoms with Crippen LogP contribution >= 0.6 is 23.2 Å². The van der Waals surface area contributed by atoms with E-state index in [0.717, 1.165) is 5.56 Å². The Balaban J connectivity index is 2.22. The second-order valence-corrected chi connectivity index (χ2v) is 4.46. The highest BCUT2D eigenvalue weighted by Crippen LogP contribution is 2.26. The molecule has 0 saturated carbocycles. The molecule has 0 aromatic heterocycles.